The standard InChI is InChI=1S/C20H26N2O7/c1-11-7-16-17(29-6-5-28-16)9-13(11)20(26)22-14-8-12(3-4-15(14)23)19(25)21-10-18(24)27-2/h7,9,12,14-15,23H,3-6,8,10H2,1-2H3,(H,21,25)(H,22,26)/t12-,14+,15+/m0/s1. The number of methoxy groups -OCH3 is 1. The monoisotopic (exact) mass is 406 g/mol. The van der Waals surface area contributed by atoms with Crippen molar-refractivity contribution in [1.82, 2.24) is 10.6 Å². The van der Waals surface area contributed by atoms with Crippen LogP contribution in [0.4, 0.5) is 0 Å². The molecule has 9 heteroatoms. The largest absolute Gasteiger partial charge is 0.486 e. The van der Waals surface area contributed by atoms with E-state index >= 15 is 0 Å². The van der Waals surface area contributed by atoms with Gasteiger partial charge in [-0.05, 0) is 43.9 Å². The van der Waals surface area contributed by atoms with Crippen molar-refractivity contribution >= 4 is 17.8 Å². The van der Waals surface area contributed by atoms with Crippen LogP contribution >= 0.6 is 0 Å². The van der Waals surface area contributed by atoms with E-state index in [1.807, 2.05) is 0 Å². The minimum atomic E-state index is -0.749. The van der Waals surface area contributed by atoms with Crippen molar-refractivity contribution in [3.8, 4) is 11.5 Å². The van der Waals surface area contributed by atoms with E-state index in [9.17, 15) is 19.5 Å². The summed E-state index contributed by atoms with van der Waals surface area (Å²) in [5, 5.41) is 15.7. The van der Waals surface area contributed by atoms with Gasteiger partial charge in [0.1, 0.15) is 19.8 Å². The number of esters is 1. The first kappa shape index (κ1) is 20.9. The highest BCUT2D eigenvalue weighted by Gasteiger charge is 2.34. The van der Waals surface area contributed by atoms with Gasteiger partial charge in [0, 0.05) is 11.5 Å². The van der Waals surface area contributed by atoms with Crippen LogP contribution in [0.15, 0.2) is 12.1 Å². The molecule has 0 spiro atoms. The van der Waals surface area contributed by atoms with Gasteiger partial charge in [-0.1, -0.05) is 0 Å². The molecule has 0 radical (unpaired) electrons. The third-order valence-electron chi connectivity index (χ3n) is 5.27. The molecular weight excluding hydrogens is 380 g/mol. The van der Waals surface area contributed by atoms with E-state index in [4.69, 9.17) is 9.47 Å². The predicted molar refractivity (Wildman–Crippen MR) is 102 cm³/mol. The number of hydrogen-bond donors (Lipinski definition) is 3. The number of nitrogens with one attached hydrogen (secondary N) is 2. The number of carbonyl (C=O) groups excluding carboxylic acids is 3. The molecule has 1 aliphatic carbocycles. The lowest BCUT2D eigenvalue weighted by Crippen LogP contribution is -2.50. The van der Waals surface area contributed by atoms with Crippen molar-refractivity contribution in [2.45, 2.75) is 38.3 Å². The van der Waals surface area contributed by atoms with Crippen LogP contribution in [0, 0.1) is 12.8 Å². The van der Waals surface area contributed by atoms with E-state index in [0.29, 0.717) is 43.1 Å². The van der Waals surface area contributed by atoms with Gasteiger partial charge in [-0.25, -0.2) is 0 Å². The van der Waals surface area contributed by atoms with Crippen molar-refractivity contribution in [1.29, 1.82) is 0 Å². The van der Waals surface area contributed by atoms with Gasteiger partial charge in [0.15, 0.2) is 11.5 Å². The molecule has 158 valence electrons. The molecule has 1 aromatic carbocycles. The van der Waals surface area contributed by atoms with E-state index in [1.165, 1.54) is 7.11 Å². The zero-order valence-corrected chi connectivity index (χ0v) is 16.5. The van der Waals surface area contributed by atoms with E-state index < -0.39 is 24.0 Å². The van der Waals surface area contributed by atoms with Gasteiger partial charge in [-0.15, -0.1) is 0 Å². The lowest BCUT2D eigenvalue weighted by atomic mass is 9.83. The summed E-state index contributed by atoms with van der Waals surface area (Å²) in [5.41, 5.74) is 1.16. The SMILES string of the molecule is COC(=O)CNC(=O)[C@H]1CC[C@@H](O)[C@H](NC(=O)c2cc3c(cc2C)OCCO3)C1. The first-order valence-corrected chi connectivity index (χ1v) is 9.62. The number of aryl methyl sites for hydroxylation is 1. The lowest BCUT2D eigenvalue weighted by Gasteiger charge is -2.33. The fourth-order valence-corrected chi connectivity index (χ4v) is 3.60. The van der Waals surface area contributed by atoms with Gasteiger partial charge >= 0.3 is 5.97 Å². The zero-order valence-electron chi connectivity index (χ0n) is 16.5. The smallest absolute Gasteiger partial charge is 0.325 e. The first-order valence-electron chi connectivity index (χ1n) is 9.62. The number of benzene rings is 1. The maximum absolute atomic E-state index is 12.8. The molecule has 1 heterocycles. The maximum atomic E-state index is 12.8. The Morgan fingerprint density at radius 2 is 1.86 bits per heavy atom. The molecule has 9 nitrogen and oxygen atoms in total. The highest BCUT2D eigenvalue weighted by atomic mass is 16.6. The van der Waals surface area contributed by atoms with Crippen LogP contribution in [0.3, 0.4) is 0 Å². The summed E-state index contributed by atoms with van der Waals surface area (Å²) in [6.07, 6.45) is 0.384. The summed E-state index contributed by atoms with van der Waals surface area (Å²) >= 11 is 0. The molecule has 2 amide bonds. The molecule has 0 aromatic heterocycles. The van der Waals surface area contributed by atoms with Gasteiger partial charge < -0.3 is 30.0 Å². The highest BCUT2D eigenvalue weighted by Crippen LogP contribution is 2.33. The van der Waals surface area contributed by atoms with Crippen LogP contribution in [0.5, 0.6) is 11.5 Å². The summed E-state index contributed by atoms with van der Waals surface area (Å²) in [7, 11) is 1.25. The quantitative estimate of drug-likeness (QED) is 0.602. The number of rotatable bonds is 5. The number of hydrogen-bond acceptors (Lipinski definition) is 7. The maximum Gasteiger partial charge on any atom is 0.325 e. The van der Waals surface area contributed by atoms with E-state index in [0.717, 1.165) is 5.56 Å². The second kappa shape index (κ2) is 9.13. The van der Waals surface area contributed by atoms with Gasteiger partial charge in [-0.2, -0.15) is 0 Å². The van der Waals surface area contributed by atoms with Gasteiger partial charge in [0.2, 0.25) is 5.91 Å². The molecule has 2 aliphatic rings. The van der Waals surface area contributed by atoms with Crippen molar-refractivity contribution in [2.24, 2.45) is 5.92 Å². The van der Waals surface area contributed by atoms with E-state index in [1.54, 1.807) is 19.1 Å². The van der Waals surface area contributed by atoms with Gasteiger partial charge in [-0.3, -0.25) is 14.4 Å². The number of fused-ring (bicyclic) bond motifs is 1. The summed E-state index contributed by atoms with van der Waals surface area (Å²) in [6.45, 7) is 2.47. The molecule has 0 unspecified atom stereocenters. The van der Waals surface area contributed by atoms with Gasteiger partial charge in [0.25, 0.3) is 5.91 Å². The number of ether oxygens (including phenoxy) is 3. The molecule has 1 saturated carbocycles. The minimum Gasteiger partial charge on any atom is -0.486 e. The molecule has 3 N–H and O–H groups in total. The number of carbonyl (C=O) groups is 3. The Morgan fingerprint density at radius 3 is 2.55 bits per heavy atom. The molecule has 0 bridgehead atoms. The fraction of sp³-hybridized carbons (Fsp3) is 0.550. The Morgan fingerprint density at radius 1 is 1.17 bits per heavy atom. The van der Waals surface area contributed by atoms with Crippen LogP contribution in [0.2, 0.25) is 0 Å². The third kappa shape index (κ3) is 4.97. The Bertz CT molecular complexity index is 795. The fourth-order valence-electron chi connectivity index (χ4n) is 3.60. The van der Waals surface area contributed by atoms with E-state index in [2.05, 4.69) is 15.4 Å². The van der Waals surface area contributed by atoms with Crippen molar-refractivity contribution in [2.75, 3.05) is 26.9 Å². The number of amides is 2. The molecule has 1 aliphatic heterocycles. The zero-order chi connectivity index (χ0) is 21.0. The van der Waals surface area contributed by atoms with Crippen LogP contribution in [-0.4, -0.2) is 61.9 Å². The molecule has 3 rings (SSSR count). The topological polar surface area (TPSA) is 123 Å². The molecule has 29 heavy (non-hydrogen) atoms. The molecular formula is C20H26N2O7. The summed E-state index contributed by atoms with van der Waals surface area (Å²) < 4.78 is 15.6. The second-order valence-electron chi connectivity index (χ2n) is 7.26. The Labute approximate surface area is 168 Å². The van der Waals surface area contributed by atoms with Crippen LogP contribution in [0.1, 0.15) is 35.2 Å². The Balaban J connectivity index is 1.64. The number of aliphatic hydroxyl groups is 1. The Kier molecular flexibility index (Phi) is 6.58. The van der Waals surface area contributed by atoms with Crippen molar-refractivity contribution in [3.05, 3.63) is 23.3 Å². The summed E-state index contributed by atoms with van der Waals surface area (Å²) in [4.78, 5) is 36.3. The highest BCUT2D eigenvalue weighted by molar-refractivity contribution is 5.96. The van der Waals surface area contributed by atoms with Crippen LogP contribution in [-0.2, 0) is 14.3 Å². The Hall–Kier alpha value is -2.81. The van der Waals surface area contributed by atoms with Crippen molar-refractivity contribution in [3.63, 3.8) is 0 Å². The minimum absolute atomic E-state index is 0.207. The molecule has 0 saturated heterocycles. The van der Waals surface area contributed by atoms with E-state index in [-0.39, 0.29) is 24.8 Å². The van der Waals surface area contributed by atoms with Crippen LogP contribution in [0.25, 0.3) is 0 Å². The second-order valence-corrected chi connectivity index (χ2v) is 7.26. The summed E-state index contributed by atoms with van der Waals surface area (Å²) in [5.74, 6) is -0.472. The normalized spacial score (nSPS) is 23.1. The lowest BCUT2D eigenvalue weighted by molar-refractivity contribution is -0.141. The van der Waals surface area contributed by atoms with Crippen LogP contribution < -0.4 is 20.1 Å². The first-order chi connectivity index (χ1) is 13.9. The number of aliphatic hydroxyl groups excluding tert-OH is 1. The molecule has 3 atom stereocenters. The molecule has 1 fully saturated rings. The van der Waals surface area contributed by atoms with Gasteiger partial charge in [0.05, 0.1) is 19.3 Å². The average molecular weight is 406 g/mol. The van der Waals surface area contributed by atoms with Crippen molar-refractivity contribution < 1.29 is 33.7 Å². The molecule has 1 aromatic rings. The predicted octanol–water partition coefficient (Wildman–Crippen LogP) is 0.315. The summed E-state index contributed by atoms with van der Waals surface area (Å²) in [6, 6.07) is 2.82. The average Bonchev–Trinajstić information content (AvgIpc) is 2.72. The third-order valence-corrected chi connectivity index (χ3v) is 5.27.